The summed E-state index contributed by atoms with van der Waals surface area (Å²) in [5, 5.41) is 18.9. The van der Waals surface area contributed by atoms with Crippen molar-refractivity contribution >= 4 is 43.8 Å². The number of aliphatic hydroxyl groups is 1. The zero-order chi connectivity index (χ0) is 24.9. The smallest absolute Gasteiger partial charge is 0.280 e. The number of carbonyl (C=O) groups is 2. The molecule has 0 bridgehead atoms. The molecule has 1 aliphatic rings. The lowest BCUT2D eigenvalue weighted by atomic mass is 10.1. The van der Waals surface area contributed by atoms with Crippen LogP contribution in [0.5, 0.6) is 0 Å². The third-order valence-corrected chi connectivity index (χ3v) is 7.20. The van der Waals surface area contributed by atoms with E-state index in [-0.39, 0.29) is 33.3 Å². The summed E-state index contributed by atoms with van der Waals surface area (Å²) in [4.78, 5) is 35.5. The number of thiazole rings is 1. The van der Waals surface area contributed by atoms with E-state index in [1.807, 2.05) is 0 Å². The minimum atomic E-state index is -3.39. The highest BCUT2D eigenvalue weighted by molar-refractivity contribution is 7.90. The number of benzene rings is 1. The van der Waals surface area contributed by atoms with Crippen molar-refractivity contribution in [2.75, 3.05) is 18.2 Å². The maximum atomic E-state index is 13.0. The fourth-order valence-electron chi connectivity index (χ4n) is 3.21. The number of aromatic nitrogens is 1. The summed E-state index contributed by atoms with van der Waals surface area (Å²) in [6, 6.07) is 5.78. The summed E-state index contributed by atoms with van der Waals surface area (Å²) in [7, 11) is -3.39. The van der Waals surface area contributed by atoms with Crippen LogP contribution in [0.2, 0.25) is 0 Å². The van der Waals surface area contributed by atoms with Crippen molar-refractivity contribution in [2.45, 2.75) is 56.1 Å². The lowest BCUT2D eigenvalue weighted by molar-refractivity contribution is -0.110. The maximum absolute atomic E-state index is 13.0. The summed E-state index contributed by atoms with van der Waals surface area (Å²) < 4.78 is 23.5. The lowest BCUT2D eigenvalue weighted by Crippen LogP contribution is -2.46. The third-order valence-electron chi connectivity index (χ3n) is 5.16. The average molecular weight is 509 g/mol. The molecule has 1 saturated carbocycles. The molecule has 1 fully saturated rings. The van der Waals surface area contributed by atoms with Crippen molar-refractivity contribution in [1.29, 1.82) is 0 Å². The van der Waals surface area contributed by atoms with E-state index in [2.05, 4.69) is 20.8 Å². The Bertz CT molecular complexity index is 1170. The number of hydrogen-bond acceptors (Lipinski definition) is 9. The zero-order valence-corrected chi connectivity index (χ0v) is 20.8. The molecule has 34 heavy (non-hydrogen) atoms. The van der Waals surface area contributed by atoms with Gasteiger partial charge in [0.25, 0.3) is 11.8 Å². The van der Waals surface area contributed by atoms with Crippen LogP contribution in [0.3, 0.4) is 0 Å². The molecule has 2 aromatic rings. The molecule has 10 nitrogen and oxygen atoms in total. The Morgan fingerprint density at radius 2 is 1.88 bits per heavy atom. The van der Waals surface area contributed by atoms with Crippen molar-refractivity contribution in [3.8, 4) is 0 Å². The molecule has 0 aliphatic heterocycles. The van der Waals surface area contributed by atoms with Gasteiger partial charge in [0.15, 0.2) is 20.7 Å². The first-order chi connectivity index (χ1) is 16.0. The summed E-state index contributed by atoms with van der Waals surface area (Å²) in [5.41, 5.74) is -0.461. The summed E-state index contributed by atoms with van der Waals surface area (Å²) in [5.74, 6) is -1.03. The van der Waals surface area contributed by atoms with Gasteiger partial charge in [-0.3, -0.25) is 14.9 Å². The number of nitrogens with one attached hydrogen (secondary N) is 2. The van der Waals surface area contributed by atoms with Gasteiger partial charge >= 0.3 is 0 Å². The molecule has 0 spiro atoms. The molecule has 0 radical (unpaired) electrons. The maximum Gasteiger partial charge on any atom is 0.280 e. The monoisotopic (exact) mass is 508 g/mol. The Kier molecular flexibility index (Phi) is 8.05. The molecule has 12 heteroatoms. The van der Waals surface area contributed by atoms with Crippen molar-refractivity contribution in [3.05, 3.63) is 40.9 Å². The first-order valence-corrected chi connectivity index (χ1v) is 13.4. The summed E-state index contributed by atoms with van der Waals surface area (Å²) in [6.45, 7) is 3.12. The normalized spacial score (nSPS) is 15.2. The van der Waals surface area contributed by atoms with E-state index in [0.29, 0.717) is 5.56 Å². The fourth-order valence-corrected chi connectivity index (χ4v) is 4.54. The van der Waals surface area contributed by atoms with Crippen LogP contribution in [-0.2, 0) is 19.5 Å². The number of aliphatic hydroxyl groups excluding tert-OH is 1. The molecule has 1 aromatic carbocycles. The van der Waals surface area contributed by atoms with Gasteiger partial charge in [-0.1, -0.05) is 28.6 Å². The van der Waals surface area contributed by atoms with Gasteiger partial charge in [0, 0.05) is 11.8 Å². The highest BCUT2D eigenvalue weighted by Gasteiger charge is 2.24. The van der Waals surface area contributed by atoms with E-state index in [0.717, 1.165) is 43.3 Å². The van der Waals surface area contributed by atoms with Crippen LogP contribution in [0, 0.1) is 0 Å². The van der Waals surface area contributed by atoms with Crippen LogP contribution in [0.25, 0.3) is 0 Å². The first kappa shape index (κ1) is 25.8. The number of carbonyl (C=O) groups excluding carboxylic acids is 2. The zero-order valence-electron chi connectivity index (χ0n) is 19.2. The van der Waals surface area contributed by atoms with Crippen LogP contribution in [0.1, 0.15) is 54.8 Å². The number of amides is 2. The van der Waals surface area contributed by atoms with Gasteiger partial charge in [0.1, 0.15) is 11.0 Å². The van der Waals surface area contributed by atoms with E-state index in [1.54, 1.807) is 13.8 Å². The Labute approximate surface area is 202 Å². The Balaban J connectivity index is 1.80. The number of sulfone groups is 1. The molecular weight excluding hydrogens is 480 g/mol. The number of rotatable bonds is 9. The van der Waals surface area contributed by atoms with Gasteiger partial charge in [-0.05, 0) is 51.7 Å². The van der Waals surface area contributed by atoms with Gasteiger partial charge in [-0.15, -0.1) is 0 Å². The summed E-state index contributed by atoms with van der Waals surface area (Å²) >= 11 is 0.970. The van der Waals surface area contributed by atoms with Crippen molar-refractivity contribution in [2.24, 2.45) is 5.16 Å². The van der Waals surface area contributed by atoms with E-state index in [9.17, 15) is 23.1 Å². The van der Waals surface area contributed by atoms with E-state index in [4.69, 9.17) is 4.84 Å². The van der Waals surface area contributed by atoms with Crippen LogP contribution >= 0.6 is 11.3 Å². The second kappa shape index (κ2) is 10.6. The van der Waals surface area contributed by atoms with Crippen molar-refractivity contribution in [1.82, 2.24) is 10.3 Å². The third kappa shape index (κ3) is 6.84. The Hall–Kier alpha value is -2.83. The van der Waals surface area contributed by atoms with Crippen LogP contribution in [0.15, 0.2) is 40.5 Å². The largest absolute Gasteiger partial charge is 0.394 e. The van der Waals surface area contributed by atoms with Gasteiger partial charge in [0.05, 0.1) is 23.2 Å². The lowest BCUT2D eigenvalue weighted by Gasteiger charge is -2.22. The van der Waals surface area contributed by atoms with Gasteiger partial charge in [-0.25, -0.2) is 13.4 Å². The molecule has 0 atom stereocenters. The van der Waals surface area contributed by atoms with Crippen molar-refractivity contribution in [3.63, 3.8) is 0 Å². The standard InChI is InChI=1S/C22H28N4O6S2/c1-22(2,13-27)25-19(28)17-12-23-21(33-17)24-20(29)18(26-32-15-6-4-5-7-15)14-8-10-16(11-9-14)34(3,30)31/h8-12,15,27H,4-7,13H2,1-3H3,(H,25,28)(H,23,24,29)/b26-18+. The van der Waals surface area contributed by atoms with Crippen LogP contribution in [0.4, 0.5) is 5.13 Å². The second-order valence-electron chi connectivity index (χ2n) is 8.73. The quantitative estimate of drug-likeness (QED) is 0.348. The predicted molar refractivity (Wildman–Crippen MR) is 129 cm³/mol. The molecule has 1 aliphatic carbocycles. The molecule has 1 aromatic heterocycles. The summed E-state index contributed by atoms with van der Waals surface area (Å²) in [6.07, 6.45) is 6.11. The van der Waals surface area contributed by atoms with Crippen molar-refractivity contribution < 1.29 is 28.0 Å². The van der Waals surface area contributed by atoms with E-state index in [1.165, 1.54) is 30.5 Å². The predicted octanol–water partition coefficient (Wildman–Crippen LogP) is 2.35. The molecule has 2 amide bonds. The molecule has 3 N–H and O–H groups in total. The SMILES string of the molecule is CC(C)(CO)NC(=O)c1cnc(NC(=O)/C(=N/OC2CCCC2)c2ccc(S(C)(=O)=O)cc2)s1. The number of nitrogens with zero attached hydrogens (tertiary/aromatic N) is 2. The van der Waals surface area contributed by atoms with Gasteiger partial charge in [0.2, 0.25) is 0 Å². The van der Waals surface area contributed by atoms with E-state index >= 15 is 0 Å². The molecule has 3 rings (SSSR count). The molecular formula is C22H28N4O6S2. The number of anilines is 1. The highest BCUT2D eigenvalue weighted by atomic mass is 32.2. The Morgan fingerprint density at radius 1 is 1.24 bits per heavy atom. The fraction of sp³-hybridized carbons (Fsp3) is 0.455. The van der Waals surface area contributed by atoms with Gasteiger partial charge in [-0.2, -0.15) is 0 Å². The topological polar surface area (TPSA) is 147 Å². The first-order valence-electron chi connectivity index (χ1n) is 10.7. The minimum Gasteiger partial charge on any atom is -0.394 e. The van der Waals surface area contributed by atoms with E-state index < -0.39 is 27.2 Å². The molecule has 0 saturated heterocycles. The minimum absolute atomic E-state index is 0.0328. The molecule has 0 unspecified atom stereocenters. The average Bonchev–Trinajstić information content (AvgIpc) is 3.46. The molecule has 184 valence electrons. The number of hydrogen-bond donors (Lipinski definition) is 3. The Morgan fingerprint density at radius 3 is 2.47 bits per heavy atom. The highest BCUT2D eigenvalue weighted by Crippen LogP contribution is 2.23. The number of oxime groups is 1. The van der Waals surface area contributed by atoms with Crippen LogP contribution < -0.4 is 10.6 Å². The molecule has 1 heterocycles. The van der Waals surface area contributed by atoms with Gasteiger partial charge < -0.3 is 15.3 Å². The van der Waals surface area contributed by atoms with Crippen LogP contribution in [-0.4, -0.2) is 60.5 Å². The second-order valence-corrected chi connectivity index (χ2v) is 11.8.